The first kappa shape index (κ1) is 17.2. The SMILES string of the molecule is O=C(NCc1ccncc1)c1ccnc(Nc2ccc(Cl)cc2Cl)c1. The van der Waals surface area contributed by atoms with Crippen LogP contribution >= 0.6 is 23.2 Å². The fourth-order valence-corrected chi connectivity index (χ4v) is 2.61. The number of carbonyl (C=O) groups is 1. The van der Waals surface area contributed by atoms with E-state index in [1.165, 1.54) is 0 Å². The average Bonchev–Trinajstić information content (AvgIpc) is 2.63. The van der Waals surface area contributed by atoms with Crippen LogP contribution in [0.15, 0.2) is 61.1 Å². The summed E-state index contributed by atoms with van der Waals surface area (Å²) in [7, 11) is 0. The summed E-state index contributed by atoms with van der Waals surface area (Å²) >= 11 is 12.0. The summed E-state index contributed by atoms with van der Waals surface area (Å²) in [5, 5.41) is 6.96. The molecular weight excluding hydrogens is 359 g/mol. The third kappa shape index (κ3) is 4.68. The number of carbonyl (C=O) groups excluding carboxylic acids is 1. The lowest BCUT2D eigenvalue weighted by atomic mass is 10.2. The van der Waals surface area contributed by atoms with E-state index in [0.29, 0.717) is 33.7 Å². The van der Waals surface area contributed by atoms with Crippen molar-refractivity contribution < 1.29 is 4.79 Å². The first-order chi connectivity index (χ1) is 12.1. The van der Waals surface area contributed by atoms with Gasteiger partial charge in [-0.1, -0.05) is 23.2 Å². The fourth-order valence-electron chi connectivity index (χ4n) is 2.15. The van der Waals surface area contributed by atoms with Crippen LogP contribution in [0.3, 0.4) is 0 Å². The zero-order valence-corrected chi connectivity index (χ0v) is 14.6. The summed E-state index contributed by atoms with van der Waals surface area (Å²) in [4.78, 5) is 20.5. The maximum atomic E-state index is 12.3. The standard InChI is InChI=1S/C18H14Cl2N4O/c19-14-1-2-16(15(20)10-14)24-17-9-13(5-8-22-17)18(25)23-11-12-3-6-21-7-4-12/h1-10H,11H2,(H,22,24)(H,23,25). The lowest BCUT2D eigenvalue weighted by Crippen LogP contribution is -2.22. The van der Waals surface area contributed by atoms with Gasteiger partial charge >= 0.3 is 0 Å². The minimum atomic E-state index is -0.190. The Morgan fingerprint density at radius 3 is 2.56 bits per heavy atom. The highest BCUT2D eigenvalue weighted by molar-refractivity contribution is 6.36. The third-order valence-corrected chi connectivity index (χ3v) is 3.97. The van der Waals surface area contributed by atoms with E-state index in [4.69, 9.17) is 23.2 Å². The average molecular weight is 373 g/mol. The number of nitrogens with one attached hydrogen (secondary N) is 2. The molecule has 5 nitrogen and oxygen atoms in total. The van der Waals surface area contributed by atoms with E-state index in [1.807, 2.05) is 12.1 Å². The Morgan fingerprint density at radius 1 is 1.00 bits per heavy atom. The van der Waals surface area contributed by atoms with Crippen molar-refractivity contribution in [2.45, 2.75) is 6.54 Å². The molecule has 2 N–H and O–H groups in total. The van der Waals surface area contributed by atoms with Crippen LogP contribution in [0.2, 0.25) is 10.0 Å². The molecule has 0 saturated carbocycles. The number of amides is 1. The van der Waals surface area contributed by atoms with Crippen LogP contribution in [0.1, 0.15) is 15.9 Å². The van der Waals surface area contributed by atoms with E-state index in [2.05, 4.69) is 20.6 Å². The zero-order valence-electron chi connectivity index (χ0n) is 13.0. The van der Waals surface area contributed by atoms with Gasteiger partial charge in [0.25, 0.3) is 5.91 Å². The van der Waals surface area contributed by atoms with Crippen molar-refractivity contribution in [1.82, 2.24) is 15.3 Å². The van der Waals surface area contributed by atoms with Crippen molar-refractivity contribution in [2.75, 3.05) is 5.32 Å². The summed E-state index contributed by atoms with van der Waals surface area (Å²) in [6.45, 7) is 0.426. The summed E-state index contributed by atoms with van der Waals surface area (Å²) < 4.78 is 0. The first-order valence-electron chi connectivity index (χ1n) is 7.47. The molecular formula is C18H14Cl2N4O. The number of anilines is 2. The molecule has 0 aliphatic rings. The molecule has 0 atom stereocenters. The van der Waals surface area contributed by atoms with Gasteiger partial charge < -0.3 is 10.6 Å². The van der Waals surface area contributed by atoms with Gasteiger partial charge in [0, 0.05) is 35.7 Å². The second-order valence-electron chi connectivity index (χ2n) is 5.22. The van der Waals surface area contributed by atoms with Crippen molar-refractivity contribution >= 4 is 40.6 Å². The number of aromatic nitrogens is 2. The summed E-state index contributed by atoms with van der Waals surface area (Å²) in [6, 6.07) is 12.1. The van der Waals surface area contributed by atoms with E-state index in [9.17, 15) is 4.79 Å². The van der Waals surface area contributed by atoms with E-state index in [0.717, 1.165) is 5.56 Å². The smallest absolute Gasteiger partial charge is 0.251 e. The Hall–Kier alpha value is -2.63. The van der Waals surface area contributed by atoms with Gasteiger partial charge in [-0.2, -0.15) is 0 Å². The van der Waals surface area contributed by atoms with Gasteiger partial charge in [0.15, 0.2) is 0 Å². The predicted octanol–water partition coefficient (Wildman–Crippen LogP) is 4.46. The number of halogens is 2. The van der Waals surface area contributed by atoms with Crippen molar-refractivity contribution in [3.63, 3.8) is 0 Å². The Kier molecular flexibility index (Phi) is 5.48. The van der Waals surface area contributed by atoms with Crippen LogP contribution in [0.4, 0.5) is 11.5 Å². The molecule has 0 spiro atoms. The molecule has 7 heteroatoms. The molecule has 3 rings (SSSR count). The van der Waals surface area contributed by atoms with Crippen molar-refractivity contribution in [3.05, 3.63) is 82.2 Å². The van der Waals surface area contributed by atoms with Gasteiger partial charge in [-0.25, -0.2) is 4.98 Å². The molecule has 0 bridgehead atoms. The fraction of sp³-hybridized carbons (Fsp3) is 0.0556. The van der Waals surface area contributed by atoms with Crippen LogP contribution in [-0.2, 0) is 6.54 Å². The monoisotopic (exact) mass is 372 g/mol. The molecule has 0 unspecified atom stereocenters. The highest BCUT2D eigenvalue weighted by atomic mass is 35.5. The first-order valence-corrected chi connectivity index (χ1v) is 8.22. The van der Waals surface area contributed by atoms with E-state index >= 15 is 0 Å². The Morgan fingerprint density at radius 2 is 1.80 bits per heavy atom. The van der Waals surface area contributed by atoms with Crippen molar-refractivity contribution in [1.29, 1.82) is 0 Å². The number of pyridine rings is 2. The van der Waals surface area contributed by atoms with Gasteiger partial charge in [0.1, 0.15) is 5.82 Å². The predicted molar refractivity (Wildman–Crippen MR) is 99.4 cm³/mol. The van der Waals surface area contributed by atoms with Crippen molar-refractivity contribution in [2.24, 2.45) is 0 Å². The van der Waals surface area contributed by atoms with E-state index in [1.54, 1.807) is 48.9 Å². The zero-order chi connectivity index (χ0) is 17.6. The highest BCUT2D eigenvalue weighted by Crippen LogP contribution is 2.27. The van der Waals surface area contributed by atoms with Gasteiger partial charge in [-0.3, -0.25) is 9.78 Å². The number of rotatable bonds is 5. The molecule has 0 radical (unpaired) electrons. The maximum absolute atomic E-state index is 12.3. The minimum absolute atomic E-state index is 0.190. The number of hydrogen-bond acceptors (Lipinski definition) is 4. The molecule has 3 aromatic rings. The Bertz CT molecular complexity index is 887. The van der Waals surface area contributed by atoms with Gasteiger partial charge in [-0.05, 0) is 48.0 Å². The van der Waals surface area contributed by atoms with Crippen LogP contribution in [0, 0.1) is 0 Å². The molecule has 2 aromatic heterocycles. The largest absolute Gasteiger partial charge is 0.348 e. The Balaban J connectivity index is 1.69. The van der Waals surface area contributed by atoms with Gasteiger partial charge in [0.2, 0.25) is 0 Å². The number of nitrogens with zero attached hydrogens (tertiary/aromatic N) is 2. The van der Waals surface area contributed by atoms with Crippen LogP contribution in [0.5, 0.6) is 0 Å². The normalized spacial score (nSPS) is 10.3. The van der Waals surface area contributed by atoms with Crippen molar-refractivity contribution in [3.8, 4) is 0 Å². The lowest BCUT2D eigenvalue weighted by molar-refractivity contribution is 0.0951. The lowest BCUT2D eigenvalue weighted by Gasteiger charge is -2.10. The topological polar surface area (TPSA) is 66.9 Å². The minimum Gasteiger partial charge on any atom is -0.348 e. The third-order valence-electron chi connectivity index (χ3n) is 3.42. The van der Waals surface area contributed by atoms with E-state index < -0.39 is 0 Å². The van der Waals surface area contributed by atoms with Crippen LogP contribution in [-0.4, -0.2) is 15.9 Å². The molecule has 0 saturated heterocycles. The van der Waals surface area contributed by atoms with Crippen LogP contribution < -0.4 is 10.6 Å². The van der Waals surface area contributed by atoms with Gasteiger partial charge in [-0.15, -0.1) is 0 Å². The number of benzene rings is 1. The second kappa shape index (κ2) is 7.96. The quantitative estimate of drug-likeness (QED) is 0.693. The molecule has 25 heavy (non-hydrogen) atoms. The Labute approximate surface area is 155 Å². The summed E-state index contributed by atoms with van der Waals surface area (Å²) in [5.74, 6) is 0.324. The van der Waals surface area contributed by atoms with Crippen LogP contribution in [0.25, 0.3) is 0 Å². The summed E-state index contributed by atoms with van der Waals surface area (Å²) in [6.07, 6.45) is 4.94. The maximum Gasteiger partial charge on any atom is 0.251 e. The molecule has 0 aliphatic heterocycles. The molecule has 1 aromatic carbocycles. The molecule has 2 heterocycles. The van der Waals surface area contributed by atoms with Gasteiger partial charge in [0.05, 0.1) is 10.7 Å². The molecule has 126 valence electrons. The highest BCUT2D eigenvalue weighted by Gasteiger charge is 2.08. The molecule has 0 aliphatic carbocycles. The molecule has 1 amide bonds. The number of hydrogen-bond donors (Lipinski definition) is 2. The van der Waals surface area contributed by atoms with E-state index in [-0.39, 0.29) is 5.91 Å². The second-order valence-corrected chi connectivity index (χ2v) is 6.06. The molecule has 0 fully saturated rings. The summed E-state index contributed by atoms with van der Waals surface area (Å²) in [5.41, 5.74) is 2.13.